The van der Waals surface area contributed by atoms with Crippen LogP contribution in [0.2, 0.25) is 0 Å². The van der Waals surface area contributed by atoms with Crippen molar-refractivity contribution >= 4 is 17.6 Å². The van der Waals surface area contributed by atoms with Crippen molar-refractivity contribution < 1.29 is 24.0 Å². The first kappa shape index (κ1) is 17.8. The number of carbonyl (C=O) groups is 2. The third kappa shape index (κ3) is 3.85. The fourth-order valence-corrected chi connectivity index (χ4v) is 2.62. The second kappa shape index (κ2) is 7.35. The Labute approximate surface area is 138 Å². The summed E-state index contributed by atoms with van der Waals surface area (Å²) in [5, 5.41) is 12.5. The lowest BCUT2D eigenvalue weighted by atomic mass is 10.1. The van der Waals surface area contributed by atoms with Crippen LogP contribution in [-0.4, -0.2) is 47.0 Å². The Morgan fingerprint density at radius 3 is 2.83 bits per heavy atom. The van der Waals surface area contributed by atoms with Crippen molar-refractivity contribution in [2.45, 2.75) is 31.8 Å². The molecule has 1 aromatic carbocycles. The van der Waals surface area contributed by atoms with Gasteiger partial charge in [0.25, 0.3) is 5.91 Å². The molecule has 9 heteroatoms. The maximum absolute atomic E-state index is 13.9. The number of carbonyl (C=O) groups excluding carboxylic acids is 1. The average Bonchev–Trinajstić information content (AvgIpc) is 2.92. The molecule has 0 spiro atoms. The second-order valence-electron chi connectivity index (χ2n) is 5.62. The Hall–Kier alpha value is -2.55. The van der Waals surface area contributed by atoms with Gasteiger partial charge in [0.2, 0.25) is 6.54 Å². The maximum atomic E-state index is 13.9. The van der Waals surface area contributed by atoms with Gasteiger partial charge in [0.1, 0.15) is 22.4 Å². The van der Waals surface area contributed by atoms with Crippen molar-refractivity contribution in [2.75, 3.05) is 18.1 Å². The summed E-state index contributed by atoms with van der Waals surface area (Å²) in [5.41, 5.74) is 5.60. The fourth-order valence-electron chi connectivity index (χ4n) is 2.62. The van der Waals surface area contributed by atoms with Crippen LogP contribution in [0.3, 0.4) is 0 Å². The zero-order valence-electron chi connectivity index (χ0n) is 13.2. The molecule has 1 saturated heterocycles. The number of amides is 1. The van der Waals surface area contributed by atoms with Crippen molar-refractivity contribution in [3.8, 4) is 0 Å². The quantitative estimate of drug-likeness (QED) is 0.656. The molecule has 1 aliphatic rings. The van der Waals surface area contributed by atoms with Crippen molar-refractivity contribution in [1.82, 2.24) is 5.32 Å². The molecule has 0 aliphatic carbocycles. The number of hydrazine groups is 1. The predicted molar refractivity (Wildman–Crippen MR) is 84.0 cm³/mol. The van der Waals surface area contributed by atoms with Gasteiger partial charge in [0.05, 0.1) is 10.9 Å². The van der Waals surface area contributed by atoms with Gasteiger partial charge < -0.3 is 16.2 Å². The number of rotatable bonds is 6. The molecule has 2 atom stereocenters. The molecule has 1 amide bonds. The minimum absolute atomic E-state index is 0.00209. The number of halogens is 1. The number of hydrogen-bond donors (Lipinski definition) is 3. The Bertz CT molecular complexity index is 667. The predicted octanol–water partition coefficient (Wildman–Crippen LogP) is 0.650. The van der Waals surface area contributed by atoms with Gasteiger partial charge in [-0.25, -0.2) is 4.39 Å². The second-order valence-corrected chi connectivity index (χ2v) is 5.62. The van der Waals surface area contributed by atoms with Crippen molar-refractivity contribution in [3.05, 3.63) is 34.5 Å². The molecule has 1 unspecified atom stereocenters. The summed E-state index contributed by atoms with van der Waals surface area (Å²) in [6.07, 6.45) is 1.37. The summed E-state index contributed by atoms with van der Waals surface area (Å²) < 4.78 is 13.9. The smallest absolute Gasteiger partial charge is 0.322 e. The Morgan fingerprint density at radius 1 is 1.50 bits per heavy atom. The number of nitroso groups, excluding NO2 is 1. The number of aliphatic carboxylic acids is 1. The van der Waals surface area contributed by atoms with Crippen LogP contribution in [-0.2, 0) is 4.79 Å². The molecule has 1 heterocycles. The first-order chi connectivity index (χ1) is 11.3. The van der Waals surface area contributed by atoms with Crippen LogP contribution in [0.5, 0.6) is 0 Å². The third-order valence-corrected chi connectivity index (χ3v) is 3.92. The number of carboxylic acid groups (broad SMARTS) is 1. The third-order valence-electron chi connectivity index (χ3n) is 3.92. The van der Waals surface area contributed by atoms with Gasteiger partial charge in [-0.1, -0.05) is 6.92 Å². The molecule has 24 heavy (non-hydrogen) atoms. The van der Waals surface area contributed by atoms with E-state index in [0.717, 1.165) is 10.9 Å². The van der Waals surface area contributed by atoms with Crippen LogP contribution in [0.4, 0.5) is 10.1 Å². The minimum atomic E-state index is -1.25. The van der Waals surface area contributed by atoms with Gasteiger partial charge in [-0.3, -0.25) is 9.59 Å². The average molecular weight is 339 g/mol. The van der Waals surface area contributed by atoms with E-state index in [1.165, 1.54) is 17.1 Å². The van der Waals surface area contributed by atoms with Crippen LogP contribution < -0.4 is 16.1 Å². The maximum Gasteiger partial charge on any atom is 0.322 e. The lowest BCUT2D eigenvalue weighted by Gasteiger charge is -2.16. The Balaban J connectivity index is 2.20. The van der Waals surface area contributed by atoms with Gasteiger partial charge >= 0.3 is 5.97 Å². The Kier molecular flexibility index (Phi) is 5.45. The molecule has 4 N–H and O–H groups in total. The standard InChI is InChI=1S/C15H19FN4O4/c1-2-11-3-4-19(24)20(11)12-6-9(5-10(16)7-12)14(21)18-8-13(17)15(22)23/h5-7,11,13H,2-4,8,17H2,1H3,(H-,18,21,22,23)/p+1/t11?,13-/m1/s1. The number of carboxylic acids is 1. The molecular weight excluding hydrogens is 319 g/mol. The van der Waals surface area contributed by atoms with E-state index < -0.39 is 23.7 Å². The molecule has 1 aromatic rings. The zero-order chi connectivity index (χ0) is 17.9. The number of anilines is 1. The highest BCUT2D eigenvalue weighted by Crippen LogP contribution is 2.27. The van der Waals surface area contributed by atoms with Crippen LogP contribution in [0.25, 0.3) is 0 Å². The highest BCUT2D eigenvalue weighted by Gasteiger charge is 2.38. The molecule has 0 bridgehead atoms. The van der Waals surface area contributed by atoms with Crippen LogP contribution in [0.1, 0.15) is 30.1 Å². The molecule has 1 aliphatic heterocycles. The van der Waals surface area contributed by atoms with Gasteiger partial charge in [-0.05, 0) is 18.6 Å². The number of nitrogens with one attached hydrogen (secondary N) is 1. The first-order valence-corrected chi connectivity index (χ1v) is 7.64. The highest BCUT2D eigenvalue weighted by atomic mass is 19.1. The first-order valence-electron chi connectivity index (χ1n) is 7.64. The molecule has 0 saturated carbocycles. The SMILES string of the molecule is CCC1CC[N+](=O)N1c1cc(F)cc(C(=O)NC[C@@H](N)C(=O)O)c1. The minimum Gasteiger partial charge on any atom is -0.480 e. The summed E-state index contributed by atoms with van der Waals surface area (Å²) in [4.78, 5) is 35.5. The molecule has 0 radical (unpaired) electrons. The van der Waals surface area contributed by atoms with Crippen molar-refractivity contribution in [2.24, 2.45) is 5.73 Å². The van der Waals surface area contributed by atoms with Crippen molar-refractivity contribution in [1.29, 1.82) is 0 Å². The van der Waals surface area contributed by atoms with Gasteiger partial charge in [0, 0.05) is 24.6 Å². The summed E-state index contributed by atoms with van der Waals surface area (Å²) in [7, 11) is 0. The summed E-state index contributed by atoms with van der Waals surface area (Å²) in [6.45, 7) is 1.95. The van der Waals surface area contributed by atoms with Gasteiger partial charge in [-0.2, -0.15) is 0 Å². The highest BCUT2D eigenvalue weighted by molar-refractivity contribution is 5.95. The van der Waals surface area contributed by atoms with E-state index in [4.69, 9.17) is 10.8 Å². The van der Waals surface area contributed by atoms with E-state index in [1.54, 1.807) is 0 Å². The summed E-state index contributed by atoms with van der Waals surface area (Å²) in [5.74, 6) is -2.56. The van der Waals surface area contributed by atoms with E-state index in [0.29, 0.717) is 25.1 Å². The van der Waals surface area contributed by atoms with E-state index in [2.05, 4.69) is 5.32 Å². The number of nitrogens with zero attached hydrogens (tertiary/aromatic N) is 2. The van der Waals surface area contributed by atoms with E-state index in [9.17, 15) is 18.9 Å². The normalized spacial score (nSPS) is 18.5. The molecular formula is C15H20FN4O4+. The van der Waals surface area contributed by atoms with E-state index in [1.807, 2.05) is 6.92 Å². The Morgan fingerprint density at radius 2 is 2.21 bits per heavy atom. The molecule has 130 valence electrons. The van der Waals surface area contributed by atoms with E-state index >= 15 is 0 Å². The van der Waals surface area contributed by atoms with Gasteiger partial charge in [-0.15, -0.1) is 5.01 Å². The largest absolute Gasteiger partial charge is 0.480 e. The number of hydrogen-bond acceptors (Lipinski definition) is 4. The molecule has 2 rings (SSSR count). The monoisotopic (exact) mass is 339 g/mol. The van der Waals surface area contributed by atoms with Crippen LogP contribution >= 0.6 is 0 Å². The summed E-state index contributed by atoms with van der Waals surface area (Å²) >= 11 is 0. The molecule has 0 aromatic heterocycles. The van der Waals surface area contributed by atoms with Gasteiger partial charge in [0.15, 0.2) is 0 Å². The zero-order valence-corrected chi connectivity index (χ0v) is 13.2. The van der Waals surface area contributed by atoms with Crippen LogP contribution in [0, 0.1) is 10.7 Å². The topological polar surface area (TPSA) is 116 Å². The summed E-state index contributed by atoms with van der Waals surface area (Å²) in [6, 6.07) is 2.32. The lowest BCUT2D eigenvalue weighted by Crippen LogP contribution is -2.42. The molecule has 1 fully saturated rings. The lowest BCUT2D eigenvalue weighted by molar-refractivity contribution is -0.543. The van der Waals surface area contributed by atoms with Crippen LogP contribution in [0.15, 0.2) is 18.2 Å². The number of nitrogens with two attached hydrogens (primary N) is 1. The number of benzene rings is 1. The van der Waals surface area contributed by atoms with E-state index in [-0.39, 0.29) is 18.2 Å². The van der Waals surface area contributed by atoms with Crippen molar-refractivity contribution in [3.63, 3.8) is 0 Å². The fraction of sp³-hybridized carbons (Fsp3) is 0.467. The molecule has 8 nitrogen and oxygen atoms in total.